The van der Waals surface area contributed by atoms with E-state index in [-0.39, 0.29) is 11.7 Å². The maximum atomic E-state index is 10.8. The number of benzene rings is 2. The number of hydrogen-bond donors (Lipinski definition) is 2. The van der Waals surface area contributed by atoms with E-state index >= 15 is 0 Å². The lowest BCUT2D eigenvalue weighted by atomic mass is 10.1. The Balaban J connectivity index is 1.98. The van der Waals surface area contributed by atoms with E-state index in [1.807, 2.05) is 18.2 Å². The second-order valence-corrected chi connectivity index (χ2v) is 6.82. The lowest BCUT2D eigenvalue weighted by molar-refractivity contribution is -0.384. The number of aromatic nitrogens is 1. The summed E-state index contributed by atoms with van der Waals surface area (Å²) in [6.07, 6.45) is 3.59. The summed E-state index contributed by atoms with van der Waals surface area (Å²) in [6, 6.07) is 11.7. The number of nitro groups is 1. The average molecular weight is 408 g/mol. The van der Waals surface area contributed by atoms with E-state index in [1.165, 1.54) is 12.1 Å². The van der Waals surface area contributed by atoms with Crippen LogP contribution in [0.1, 0.15) is 19.8 Å². The molecule has 0 fully saturated rings. The molecule has 0 radical (unpaired) electrons. The molecular weight excluding hydrogens is 384 g/mol. The number of nitrogens with one attached hydrogen (secondary N) is 1. The van der Waals surface area contributed by atoms with Crippen molar-refractivity contribution in [3.63, 3.8) is 0 Å². The highest BCUT2D eigenvalue weighted by molar-refractivity contribution is 6.01. The lowest BCUT2D eigenvalue weighted by Gasteiger charge is -2.18. The van der Waals surface area contributed by atoms with Crippen molar-refractivity contribution in [3.8, 4) is 5.75 Å². The quantitative estimate of drug-likeness (QED) is 0.288. The molecule has 0 bridgehead atoms. The van der Waals surface area contributed by atoms with E-state index < -0.39 is 4.92 Å². The van der Waals surface area contributed by atoms with Crippen LogP contribution in [0.3, 0.4) is 0 Å². The fraction of sp³-hybridized carbons (Fsp3) is 0.286. The van der Waals surface area contributed by atoms with Gasteiger partial charge in [-0.1, -0.05) is 0 Å². The first kappa shape index (κ1) is 21.1. The Bertz CT molecular complexity index is 1050. The maximum absolute atomic E-state index is 10.8. The molecule has 0 aliphatic carbocycles. The van der Waals surface area contributed by atoms with Gasteiger partial charge in [-0.3, -0.25) is 15.1 Å². The number of non-ortho nitro benzene ring substituents is 1. The first-order valence-electron chi connectivity index (χ1n) is 9.62. The van der Waals surface area contributed by atoms with Crippen molar-refractivity contribution in [2.24, 2.45) is 16.0 Å². The third-order valence-electron chi connectivity index (χ3n) is 4.62. The summed E-state index contributed by atoms with van der Waals surface area (Å²) in [4.78, 5) is 14.9. The van der Waals surface area contributed by atoms with Gasteiger partial charge in [-0.25, -0.2) is 0 Å². The summed E-state index contributed by atoms with van der Waals surface area (Å²) in [5, 5.41) is 23.7. The number of hydrogen-bond acceptors (Lipinski definition) is 8. The molecule has 3 rings (SSSR count). The van der Waals surface area contributed by atoms with Crippen molar-refractivity contribution in [3.05, 3.63) is 58.8 Å². The molecule has 9 heteroatoms. The van der Waals surface area contributed by atoms with Gasteiger partial charge >= 0.3 is 0 Å². The van der Waals surface area contributed by atoms with Crippen molar-refractivity contribution >= 4 is 33.7 Å². The van der Waals surface area contributed by atoms with Crippen molar-refractivity contribution in [2.45, 2.75) is 25.8 Å². The van der Waals surface area contributed by atoms with Crippen LogP contribution in [0.15, 0.2) is 58.9 Å². The first-order chi connectivity index (χ1) is 14.5. The standard InChI is InChI=1S/C21H24N6O3/c1-14(5-3-11-22)24-18-13-19(30-2)21(17-6-4-12-23-20(17)18)26-25-15-7-9-16(10-8-15)27(28)29/h4,6-10,12-14,24H,3,5,11,22H2,1-2H3. The summed E-state index contributed by atoms with van der Waals surface area (Å²) in [6.45, 7) is 2.75. The number of nitrogens with zero attached hydrogens (tertiary/aromatic N) is 4. The zero-order valence-electron chi connectivity index (χ0n) is 16.9. The molecule has 0 saturated carbocycles. The number of ether oxygens (including phenoxy) is 1. The fourth-order valence-corrected chi connectivity index (χ4v) is 3.09. The number of pyridine rings is 1. The van der Waals surface area contributed by atoms with Gasteiger partial charge in [0, 0.05) is 35.8 Å². The van der Waals surface area contributed by atoms with Crippen LogP contribution in [-0.4, -0.2) is 29.6 Å². The van der Waals surface area contributed by atoms with Crippen LogP contribution in [-0.2, 0) is 0 Å². The van der Waals surface area contributed by atoms with E-state index in [4.69, 9.17) is 10.5 Å². The Morgan fingerprint density at radius 1 is 1.27 bits per heavy atom. The number of fused-ring (bicyclic) bond motifs is 1. The number of azo groups is 1. The summed E-state index contributed by atoms with van der Waals surface area (Å²) in [5.41, 5.74) is 8.26. The van der Waals surface area contributed by atoms with Crippen LogP contribution in [0.2, 0.25) is 0 Å². The molecular formula is C21H24N6O3. The Morgan fingerprint density at radius 3 is 2.70 bits per heavy atom. The molecule has 9 nitrogen and oxygen atoms in total. The average Bonchev–Trinajstić information content (AvgIpc) is 2.77. The van der Waals surface area contributed by atoms with Gasteiger partial charge in [-0.15, -0.1) is 5.11 Å². The smallest absolute Gasteiger partial charge is 0.269 e. The Morgan fingerprint density at radius 2 is 2.03 bits per heavy atom. The molecule has 1 atom stereocenters. The molecule has 0 amide bonds. The highest BCUT2D eigenvalue weighted by Gasteiger charge is 2.15. The Kier molecular flexibility index (Phi) is 6.87. The third-order valence-corrected chi connectivity index (χ3v) is 4.62. The summed E-state index contributed by atoms with van der Waals surface area (Å²) >= 11 is 0. The van der Waals surface area contributed by atoms with Gasteiger partial charge in [0.05, 0.1) is 28.9 Å². The molecule has 1 heterocycles. The molecule has 156 valence electrons. The SMILES string of the molecule is COc1cc(NC(C)CCCN)c2ncccc2c1N=Nc1ccc([N+](=O)[O-])cc1. The number of rotatable bonds is 9. The predicted molar refractivity (Wildman–Crippen MR) is 117 cm³/mol. The van der Waals surface area contributed by atoms with Crippen LogP contribution in [0, 0.1) is 10.1 Å². The Hall–Kier alpha value is -3.59. The zero-order chi connectivity index (χ0) is 21.5. The highest BCUT2D eigenvalue weighted by atomic mass is 16.6. The summed E-state index contributed by atoms with van der Waals surface area (Å²) in [5.74, 6) is 0.551. The van der Waals surface area contributed by atoms with E-state index in [0.29, 0.717) is 23.7 Å². The minimum atomic E-state index is -0.455. The minimum absolute atomic E-state index is 0.000336. The van der Waals surface area contributed by atoms with E-state index in [9.17, 15) is 10.1 Å². The molecule has 30 heavy (non-hydrogen) atoms. The molecule has 1 aromatic heterocycles. The van der Waals surface area contributed by atoms with Crippen molar-refractivity contribution in [2.75, 3.05) is 19.0 Å². The minimum Gasteiger partial charge on any atom is -0.494 e. The number of anilines is 1. The van der Waals surface area contributed by atoms with Crippen LogP contribution in [0.25, 0.3) is 10.9 Å². The normalized spacial score (nSPS) is 12.2. The molecule has 0 spiro atoms. The lowest BCUT2D eigenvalue weighted by Crippen LogP contribution is -2.17. The van der Waals surface area contributed by atoms with Gasteiger partial charge in [0.15, 0.2) is 0 Å². The number of nitrogens with two attached hydrogens (primary N) is 1. The van der Waals surface area contributed by atoms with Gasteiger partial charge < -0.3 is 15.8 Å². The second kappa shape index (κ2) is 9.75. The van der Waals surface area contributed by atoms with Gasteiger partial charge in [0.1, 0.15) is 11.4 Å². The summed E-state index contributed by atoms with van der Waals surface area (Å²) < 4.78 is 5.56. The molecule has 0 aliphatic heterocycles. The molecule has 1 unspecified atom stereocenters. The van der Waals surface area contributed by atoms with Gasteiger partial charge in [0.25, 0.3) is 5.69 Å². The van der Waals surface area contributed by atoms with Crippen molar-refractivity contribution in [1.29, 1.82) is 0 Å². The third kappa shape index (κ3) is 4.87. The zero-order valence-corrected chi connectivity index (χ0v) is 16.9. The number of methoxy groups -OCH3 is 1. The van der Waals surface area contributed by atoms with Gasteiger partial charge in [-0.2, -0.15) is 5.11 Å². The topological polar surface area (TPSA) is 128 Å². The first-order valence-corrected chi connectivity index (χ1v) is 9.62. The Labute approximate surface area is 174 Å². The van der Waals surface area contributed by atoms with E-state index in [1.54, 1.807) is 25.4 Å². The largest absolute Gasteiger partial charge is 0.494 e. The monoisotopic (exact) mass is 408 g/mol. The van der Waals surface area contributed by atoms with E-state index in [2.05, 4.69) is 27.5 Å². The molecule has 3 N–H and O–H groups in total. The van der Waals surface area contributed by atoms with Crippen LogP contribution in [0.5, 0.6) is 5.75 Å². The van der Waals surface area contributed by atoms with Crippen LogP contribution >= 0.6 is 0 Å². The maximum Gasteiger partial charge on any atom is 0.269 e. The predicted octanol–water partition coefficient (Wildman–Crippen LogP) is 5.11. The van der Waals surface area contributed by atoms with Crippen molar-refractivity contribution in [1.82, 2.24) is 4.98 Å². The summed E-state index contributed by atoms with van der Waals surface area (Å²) in [7, 11) is 1.57. The molecule has 0 aliphatic rings. The second-order valence-electron chi connectivity index (χ2n) is 6.82. The number of nitro benzene ring substituents is 1. The van der Waals surface area contributed by atoms with Gasteiger partial charge in [-0.05, 0) is 50.6 Å². The molecule has 2 aromatic carbocycles. The van der Waals surface area contributed by atoms with Gasteiger partial charge in [0.2, 0.25) is 0 Å². The molecule has 0 saturated heterocycles. The highest BCUT2D eigenvalue weighted by Crippen LogP contribution is 2.40. The van der Waals surface area contributed by atoms with Crippen LogP contribution < -0.4 is 15.8 Å². The van der Waals surface area contributed by atoms with Crippen LogP contribution in [0.4, 0.5) is 22.7 Å². The molecule has 3 aromatic rings. The van der Waals surface area contributed by atoms with E-state index in [0.717, 1.165) is 29.4 Å². The van der Waals surface area contributed by atoms with Crippen molar-refractivity contribution < 1.29 is 9.66 Å². The fourth-order valence-electron chi connectivity index (χ4n) is 3.09.